The summed E-state index contributed by atoms with van der Waals surface area (Å²) < 4.78 is 0. The summed E-state index contributed by atoms with van der Waals surface area (Å²) in [7, 11) is 0. The summed E-state index contributed by atoms with van der Waals surface area (Å²) in [6, 6.07) is 4.92. The zero-order valence-electron chi connectivity index (χ0n) is 9.95. The van der Waals surface area contributed by atoms with Crippen LogP contribution in [0.15, 0.2) is 47.7 Å². The van der Waals surface area contributed by atoms with Crippen LogP contribution in [0.5, 0.6) is 5.75 Å². The van der Waals surface area contributed by atoms with Crippen LogP contribution >= 0.6 is 23.2 Å². The fraction of sp³-hybridized carbons (Fsp3) is 0.143. The van der Waals surface area contributed by atoms with E-state index in [-0.39, 0.29) is 5.75 Å². The van der Waals surface area contributed by atoms with E-state index >= 15 is 0 Å². The third kappa shape index (κ3) is 2.26. The fourth-order valence-corrected chi connectivity index (χ4v) is 2.36. The largest absolute Gasteiger partial charge is 0.508 e. The average molecular weight is 282 g/mol. The van der Waals surface area contributed by atoms with Gasteiger partial charge in [-0.2, -0.15) is 0 Å². The summed E-state index contributed by atoms with van der Waals surface area (Å²) in [5, 5.41) is 10.5. The Bertz CT molecular complexity index is 561. The minimum Gasteiger partial charge on any atom is -0.508 e. The molecule has 0 bridgehead atoms. The zero-order chi connectivity index (χ0) is 13.3. The molecule has 1 aliphatic rings. The van der Waals surface area contributed by atoms with Gasteiger partial charge < -0.3 is 10.0 Å². The lowest BCUT2D eigenvalue weighted by atomic mass is 10.1. The Morgan fingerprint density at radius 3 is 2.61 bits per heavy atom. The van der Waals surface area contributed by atoms with Crippen LogP contribution in [0.4, 0.5) is 0 Å². The molecule has 1 aromatic carbocycles. The first kappa shape index (κ1) is 13.1. The SMILES string of the molecule is C=C1C(Cl)=CC=C(c2ccc(O)cc2Cl)N1CC. The Morgan fingerprint density at radius 2 is 2.00 bits per heavy atom. The van der Waals surface area contributed by atoms with Crippen LogP contribution in [0.3, 0.4) is 0 Å². The van der Waals surface area contributed by atoms with Crippen molar-refractivity contribution in [3.63, 3.8) is 0 Å². The molecule has 1 N–H and O–H groups in total. The molecule has 2 nitrogen and oxygen atoms in total. The Kier molecular flexibility index (Phi) is 3.69. The van der Waals surface area contributed by atoms with Crippen LogP contribution in [0, 0.1) is 0 Å². The molecular formula is C14H13Cl2NO. The lowest BCUT2D eigenvalue weighted by molar-refractivity contribution is 0.475. The Morgan fingerprint density at radius 1 is 1.28 bits per heavy atom. The summed E-state index contributed by atoms with van der Waals surface area (Å²) in [4.78, 5) is 1.99. The molecule has 0 fully saturated rings. The van der Waals surface area contributed by atoms with Crippen molar-refractivity contribution in [3.8, 4) is 5.75 Å². The third-order valence-corrected chi connectivity index (χ3v) is 3.48. The van der Waals surface area contributed by atoms with Gasteiger partial charge in [0, 0.05) is 17.8 Å². The van der Waals surface area contributed by atoms with Gasteiger partial charge in [0.25, 0.3) is 0 Å². The molecule has 1 aromatic rings. The molecule has 1 aliphatic heterocycles. The quantitative estimate of drug-likeness (QED) is 0.871. The maximum Gasteiger partial charge on any atom is 0.117 e. The molecule has 4 heteroatoms. The van der Waals surface area contributed by atoms with Gasteiger partial charge in [0.1, 0.15) is 5.75 Å². The summed E-state index contributed by atoms with van der Waals surface area (Å²) in [6.45, 7) is 6.72. The van der Waals surface area contributed by atoms with Gasteiger partial charge in [-0.25, -0.2) is 0 Å². The van der Waals surface area contributed by atoms with Crippen molar-refractivity contribution in [3.05, 3.63) is 58.2 Å². The van der Waals surface area contributed by atoms with Gasteiger partial charge >= 0.3 is 0 Å². The van der Waals surface area contributed by atoms with Gasteiger partial charge in [0.15, 0.2) is 0 Å². The van der Waals surface area contributed by atoms with Gasteiger partial charge in [-0.3, -0.25) is 0 Å². The van der Waals surface area contributed by atoms with Gasteiger partial charge in [-0.15, -0.1) is 0 Å². The number of phenolic OH excluding ortho intramolecular Hbond substituents is 1. The van der Waals surface area contributed by atoms with Crippen LogP contribution in [0.2, 0.25) is 5.02 Å². The summed E-state index contributed by atoms with van der Waals surface area (Å²) in [6.07, 6.45) is 3.70. The molecule has 0 amide bonds. The van der Waals surface area contributed by atoms with E-state index in [0.717, 1.165) is 23.5 Å². The van der Waals surface area contributed by atoms with E-state index in [9.17, 15) is 5.11 Å². The molecule has 0 radical (unpaired) electrons. The Labute approximate surface area is 116 Å². The second-order valence-electron chi connectivity index (χ2n) is 3.92. The molecule has 94 valence electrons. The van der Waals surface area contributed by atoms with Gasteiger partial charge in [0.2, 0.25) is 0 Å². The molecule has 1 heterocycles. The van der Waals surface area contributed by atoms with E-state index < -0.39 is 0 Å². The molecule has 2 rings (SSSR count). The highest BCUT2D eigenvalue weighted by Gasteiger charge is 2.20. The molecule has 0 saturated heterocycles. The minimum atomic E-state index is 0.149. The average Bonchev–Trinajstić information content (AvgIpc) is 2.33. The second-order valence-corrected chi connectivity index (χ2v) is 4.74. The fourth-order valence-electron chi connectivity index (χ4n) is 1.92. The maximum atomic E-state index is 9.38. The number of benzene rings is 1. The van der Waals surface area contributed by atoms with Crippen molar-refractivity contribution < 1.29 is 5.11 Å². The van der Waals surface area contributed by atoms with Crippen molar-refractivity contribution in [1.82, 2.24) is 4.90 Å². The molecule has 0 spiro atoms. The molecule has 0 aliphatic carbocycles. The van der Waals surface area contributed by atoms with E-state index in [1.54, 1.807) is 18.2 Å². The first-order valence-corrected chi connectivity index (χ1v) is 6.33. The first-order valence-electron chi connectivity index (χ1n) is 5.57. The number of likely N-dealkylation sites (N-methyl/N-ethyl adjacent to an activating group) is 1. The number of rotatable bonds is 2. The summed E-state index contributed by atoms with van der Waals surface area (Å²) >= 11 is 12.2. The highest BCUT2D eigenvalue weighted by molar-refractivity contribution is 6.33. The van der Waals surface area contributed by atoms with Gasteiger partial charge in [-0.1, -0.05) is 29.8 Å². The number of halogens is 2. The second kappa shape index (κ2) is 5.09. The Hall–Kier alpha value is -1.38. The normalized spacial score (nSPS) is 15.5. The van der Waals surface area contributed by atoms with Crippen molar-refractivity contribution in [2.75, 3.05) is 6.54 Å². The zero-order valence-corrected chi connectivity index (χ0v) is 11.5. The van der Waals surface area contributed by atoms with Crippen molar-refractivity contribution >= 4 is 28.9 Å². The van der Waals surface area contributed by atoms with Gasteiger partial charge in [0.05, 0.1) is 15.8 Å². The van der Waals surface area contributed by atoms with E-state index in [2.05, 4.69) is 6.58 Å². The number of allylic oxidation sites excluding steroid dienone is 3. The molecule has 18 heavy (non-hydrogen) atoms. The Balaban J connectivity index is 2.52. The first-order chi connectivity index (χ1) is 8.54. The van der Waals surface area contributed by atoms with Crippen molar-refractivity contribution in [2.45, 2.75) is 6.92 Å². The third-order valence-electron chi connectivity index (χ3n) is 2.82. The standard InChI is InChI=1S/C14H13Cl2NO/c1-3-17-9(2)12(15)6-7-14(17)11-5-4-10(18)8-13(11)16/h4-8,18H,2-3H2,1H3. The van der Waals surface area contributed by atoms with E-state index in [1.807, 2.05) is 17.9 Å². The van der Waals surface area contributed by atoms with E-state index in [4.69, 9.17) is 23.2 Å². The summed E-state index contributed by atoms with van der Waals surface area (Å²) in [5.41, 5.74) is 2.52. The van der Waals surface area contributed by atoms with Crippen molar-refractivity contribution in [2.24, 2.45) is 0 Å². The predicted molar refractivity (Wildman–Crippen MR) is 76.5 cm³/mol. The van der Waals surface area contributed by atoms with Crippen LogP contribution in [-0.4, -0.2) is 16.6 Å². The van der Waals surface area contributed by atoms with Crippen LogP contribution in [0.25, 0.3) is 5.70 Å². The topological polar surface area (TPSA) is 23.5 Å². The van der Waals surface area contributed by atoms with Gasteiger partial charge in [-0.05, 0) is 37.3 Å². The molecule has 0 atom stereocenters. The summed E-state index contributed by atoms with van der Waals surface area (Å²) in [5.74, 6) is 0.149. The minimum absolute atomic E-state index is 0.149. The lowest BCUT2D eigenvalue weighted by Crippen LogP contribution is -2.23. The predicted octanol–water partition coefficient (Wildman–Crippen LogP) is 4.36. The van der Waals surface area contributed by atoms with Crippen LogP contribution < -0.4 is 0 Å². The van der Waals surface area contributed by atoms with Crippen LogP contribution in [0.1, 0.15) is 12.5 Å². The van der Waals surface area contributed by atoms with E-state index in [0.29, 0.717) is 10.1 Å². The molecular weight excluding hydrogens is 269 g/mol. The number of aromatic hydroxyl groups is 1. The number of nitrogens with zero attached hydrogens (tertiary/aromatic N) is 1. The molecule has 0 aromatic heterocycles. The lowest BCUT2D eigenvalue weighted by Gasteiger charge is -2.30. The molecule has 0 unspecified atom stereocenters. The van der Waals surface area contributed by atoms with Crippen molar-refractivity contribution in [1.29, 1.82) is 0 Å². The maximum absolute atomic E-state index is 9.38. The number of phenols is 1. The highest BCUT2D eigenvalue weighted by atomic mass is 35.5. The highest BCUT2D eigenvalue weighted by Crippen LogP contribution is 2.36. The van der Waals surface area contributed by atoms with E-state index in [1.165, 1.54) is 6.07 Å². The monoisotopic (exact) mass is 281 g/mol. The number of hydrogen-bond donors (Lipinski definition) is 1. The smallest absolute Gasteiger partial charge is 0.117 e. The molecule has 0 saturated carbocycles. The van der Waals surface area contributed by atoms with Crippen LogP contribution in [-0.2, 0) is 0 Å². The number of hydrogen-bond acceptors (Lipinski definition) is 2.